The molecule has 0 fully saturated rings. The summed E-state index contributed by atoms with van der Waals surface area (Å²) in [5.41, 5.74) is 3.01. The second-order valence-corrected chi connectivity index (χ2v) is 8.67. The number of hydrogen-bond donors (Lipinski definition) is 0. The van der Waals surface area contributed by atoms with Crippen LogP contribution in [-0.4, -0.2) is 8.42 Å². The van der Waals surface area contributed by atoms with Gasteiger partial charge in [0.25, 0.3) is 0 Å². The van der Waals surface area contributed by atoms with Crippen LogP contribution in [0.2, 0.25) is 0 Å². The molecule has 0 radical (unpaired) electrons. The highest BCUT2D eigenvalue weighted by molar-refractivity contribution is 7.95. The van der Waals surface area contributed by atoms with Crippen molar-refractivity contribution in [1.29, 1.82) is 10.5 Å². The number of allylic oxidation sites excluding steroid dienone is 1. The Morgan fingerprint density at radius 1 is 1.00 bits per heavy atom. The SMILES string of the molecule is Cc1ccc(S(=O)(=O)/C(C#N)=C/c2ccc(-c3sccc3C#N)cc2)cc1. The van der Waals surface area contributed by atoms with E-state index in [1.807, 2.05) is 24.4 Å². The summed E-state index contributed by atoms with van der Waals surface area (Å²) >= 11 is 1.47. The van der Waals surface area contributed by atoms with Gasteiger partial charge in [-0.25, -0.2) is 8.42 Å². The first kappa shape index (κ1) is 18.6. The minimum atomic E-state index is -3.87. The zero-order valence-electron chi connectivity index (χ0n) is 14.4. The fraction of sp³-hybridized carbons (Fsp3) is 0.0476. The summed E-state index contributed by atoms with van der Waals surface area (Å²) in [5.74, 6) is 0. The number of benzene rings is 2. The smallest absolute Gasteiger partial charge is 0.216 e. The monoisotopic (exact) mass is 390 g/mol. The number of thiophene rings is 1. The molecular weight excluding hydrogens is 376 g/mol. The zero-order valence-corrected chi connectivity index (χ0v) is 16.0. The van der Waals surface area contributed by atoms with Crippen molar-refractivity contribution in [1.82, 2.24) is 0 Å². The van der Waals surface area contributed by atoms with E-state index in [4.69, 9.17) is 5.26 Å². The largest absolute Gasteiger partial charge is 0.218 e. The number of hydrogen-bond acceptors (Lipinski definition) is 5. The molecule has 0 saturated carbocycles. The molecule has 0 aliphatic carbocycles. The maximum absolute atomic E-state index is 12.7. The van der Waals surface area contributed by atoms with Gasteiger partial charge in [0.1, 0.15) is 17.0 Å². The Balaban J connectivity index is 1.96. The number of aryl methyl sites for hydroxylation is 1. The van der Waals surface area contributed by atoms with Crippen molar-refractivity contribution in [2.24, 2.45) is 0 Å². The van der Waals surface area contributed by atoms with Gasteiger partial charge in [-0.05, 0) is 47.7 Å². The van der Waals surface area contributed by atoms with E-state index in [0.717, 1.165) is 16.0 Å². The van der Waals surface area contributed by atoms with Crippen LogP contribution in [0.5, 0.6) is 0 Å². The number of nitriles is 2. The van der Waals surface area contributed by atoms with Crippen LogP contribution in [0, 0.1) is 29.6 Å². The van der Waals surface area contributed by atoms with E-state index in [1.165, 1.54) is 29.5 Å². The van der Waals surface area contributed by atoms with Gasteiger partial charge in [0.15, 0.2) is 0 Å². The molecule has 3 aromatic rings. The summed E-state index contributed by atoms with van der Waals surface area (Å²) in [7, 11) is -3.87. The molecule has 0 amide bonds. The van der Waals surface area contributed by atoms with Crippen LogP contribution in [-0.2, 0) is 9.84 Å². The van der Waals surface area contributed by atoms with Gasteiger partial charge < -0.3 is 0 Å². The van der Waals surface area contributed by atoms with Crippen LogP contribution in [0.3, 0.4) is 0 Å². The van der Waals surface area contributed by atoms with Gasteiger partial charge in [-0.15, -0.1) is 11.3 Å². The molecule has 1 aromatic heterocycles. The van der Waals surface area contributed by atoms with Crippen molar-refractivity contribution >= 4 is 27.3 Å². The van der Waals surface area contributed by atoms with E-state index in [1.54, 1.807) is 36.4 Å². The fourth-order valence-corrected chi connectivity index (χ4v) is 4.53. The Kier molecular flexibility index (Phi) is 5.23. The molecule has 0 saturated heterocycles. The lowest BCUT2D eigenvalue weighted by Crippen LogP contribution is -2.03. The van der Waals surface area contributed by atoms with Gasteiger partial charge in [-0.2, -0.15) is 10.5 Å². The van der Waals surface area contributed by atoms with Gasteiger partial charge in [0.05, 0.1) is 15.3 Å². The third-order valence-corrected chi connectivity index (χ3v) is 6.63. The Bertz CT molecular complexity index is 1190. The molecule has 4 nitrogen and oxygen atoms in total. The predicted molar refractivity (Wildman–Crippen MR) is 106 cm³/mol. The highest BCUT2D eigenvalue weighted by Crippen LogP contribution is 2.30. The molecule has 0 atom stereocenters. The van der Waals surface area contributed by atoms with E-state index >= 15 is 0 Å². The lowest BCUT2D eigenvalue weighted by Gasteiger charge is -2.04. The van der Waals surface area contributed by atoms with E-state index in [2.05, 4.69) is 6.07 Å². The lowest BCUT2D eigenvalue weighted by molar-refractivity contribution is 0.603. The summed E-state index contributed by atoms with van der Waals surface area (Å²) in [6.45, 7) is 1.87. The van der Waals surface area contributed by atoms with Crippen LogP contribution in [0.1, 0.15) is 16.7 Å². The van der Waals surface area contributed by atoms with E-state index in [9.17, 15) is 13.7 Å². The van der Waals surface area contributed by atoms with Crippen molar-refractivity contribution in [3.63, 3.8) is 0 Å². The molecule has 2 aromatic carbocycles. The fourth-order valence-electron chi connectivity index (χ4n) is 2.52. The van der Waals surface area contributed by atoms with Crippen molar-refractivity contribution in [2.75, 3.05) is 0 Å². The molecule has 0 unspecified atom stereocenters. The van der Waals surface area contributed by atoms with E-state index in [0.29, 0.717) is 11.1 Å². The van der Waals surface area contributed by atoms with Gasteiger partial charge >= 0.3 is 0 Å². The van der Waals surface area contributed by atoms with Crippen molar-refractivity contribution in [2.45, 2.75) is 11.8 Å². The maximum atomic E-state index is 12.7. The molecule has 0 aliphatic rings. The van der Waals surface area contributed by atoms with Crippen molar-refractivity contribution in [3.8, 4) is 22.6 Å². The van der Waals surface area contributed by atoms with E-state index < -0.39 is 9.84 Å². The van der Waals surface area contributed by atoms with Crippen LogP contribution in [0.25, 0.3) is 16.5 Å². The summed E-state index contributed by atoms with van der Waals surface area (Å²) in [6, 6.07) is 19.2. The molecule has 0 spiro atoms. The summed E-state index contributed by atoms with van der Waals surface area (Å²) < 4.78 is 25.4. The first-order chi connectivity index (χ1) is 13.0. The standard InChI is InChI=1S/C21H14N2O2S2/c1-15-2-8-19(9-3-15)27(24,25)20(14-23)12-16-4-6-17(7-5-16)21-18(13-22)10-11-26-21/h2-12H,1H3/b20-12+. The van der Waals surface area contributed by atoms with Crippen molar-refractivity contribution in [3.05, 3.63) is 81.6 Å². The summed E-state index contributed by atoms with van der Waals surface area (Å²) in [6.07, 6.45) is 1.36. The maximum Gasteiger partial charge on any atom is 0.216 e. The second kappa shape index (κ2) is 7.59. The van der Waals surface area contributed by atoms with Crippen molar-refractivity contribution < 1.29 is 8.42 Å². The Morgan fingerprint density at radius 2 is 1.67 bits per heavy atom. The summed E-state index contributed by atoms with van der Waals surface area (Å²) in [4.78, 5) is 0.642. The number of sulfone groups is 1. The normalized spacial score (nSPS) is 11.6. The Labute approximate surface area is 162 Å². The highest BCUT2D eigenvalue weighted by atomic mass is 32.2. The predicted octanol–water partition coefficient (Wildman–Crippen LogP) is 4.93. The molecule has 6 heteroatoms. The van der Waals surface area contributed by atoms with Gasteiger partial charge in [0.2, 0.25) is 9.84 Å². The molecule has 27 heavy (non-hydrogen) atoms. The van der Waals surface area contributed by atoms with Crippen LogP contribution < -0.4 is 0 Å². The first-order valence-electron chi connectivity index (χ1n) is 7.97. The van der Waals surface area contributed by atoms with Crippen LogP contribution in [0.4, 0.5) is 0 Å². The number of nitrogens with zero attached hydrogens (tertiary/aromatic N) is 2. The summed E-state index contributed by atoms with van der Waals surface area (Å²) in [5, 5.41) is 20.4. The highest BCUT2D eigenvalue weighted by Gasteiger charge is 2.20. The third-order valence-electron chi connectivity index (χ3n) is 3.99. The quantitative estimate of drug-likeness (QED) is 0.591. The second-order valence-electron chi connectivity index (χ2n) is 5.83. The average molecular weight is 390 g/mol. The molecule has 0 N–H and O–H groups in total. The van der Waals surface area contributed by atoms with Gasteiger partial charge in [-0.1, -0.05) is 42.0 Å². The minimum absolute atomic E-state index is 0.0924. The molecule has 1 heterocycles. The minimum Gasteiger partial charge on any atom is -0.218 e. The zero-order chi connectivity index (χ0) is 19.4. The van der Waals surface area contributed by atoms with E-state index in [-0.39, 0.29) is 9.80 Å². The number of rotatable bonds is 4. The topological polar surface area (TPSA) is 81.7 Å². The molecule has 0 aliphatic heterocycles. The molecule has 0 bridgehead atoms. The lowest BCUT2D eigenvalue weighted by atomic mass is 10.1. The molecular formula is C21H14N2O2S2. The molecule has 3 rings (SSSR count). The van der Waals surface area contributed by atoms with Crippen LogP contribution in [0.15, 0.2) is 69.8 Å². The van der Waals surface area contributed by atoms with Gasteiger partial charge in [-0.3, -0.25) is 0 Å². The average Bonchev–Trinajstić information content (AvgIpc) is 3.15. The first-order valence-corrected chi connectivity index (χ1v) is 10.3. The Hall–Kier alpha value is -3.19. The Morgan fingerprint density at radius 3 is 2.26 bits per heavy atom. The third kappa shape index (κ3) is 3.83. The van der Waals surface area contributed by atoms with Crippen LogP contribution >= 0.6 is 11.3 Å². The molecule has 132 valence electrons. The van der Waals surface area contributed by atoms with Gasteiger partial charge in [0, 0.05) is 0 Å².